The fraction of sp³-hybridized carbons (Fsp3) is 0.241. The fourth-order valence-electron chi connectivity index (χ4n) is 4.61. The van der Waals surface area contributed by atoms with E-state index in [2.05, 4.69) is 20.3 Å². The first-order valence-electron chi connectivity index (χ1n) is 12.4. The summed E-state index contributed by atoms with van der Waals surface area (Å²) in [5.74, 6) is -0.0915. The second kappa shape index (κ2) is 11.2. The van der Waals surface area contributed by atoms with Crippen molar-refractivity contribution in [3.8, 4) is 28.3 Å². The van der Waals surface area contributed by atoms with Crippen molar-refractivity contribution in [1.29, 1.82) is 0 Å². The number of amides is 1. The molecule has 2 heterocycles. The molecule has 2 aromatic heterocycles. The van der Waals surface area contributed by atoms with E-state index in [0.717, 1.165) is 36.0 Å². The molecule has 0 radical (unpaired) electrons. The van der Waals surface area contributed by atoms with Gasteiger partial charge in [0.25, 0.3) is 0 Å². The first kappa shape index (κ1) is 24.4. The number of hydrogen-bond donors (Lipinski definition) is 2. The molecule has 2 atom stereocenters. The van der Waals surface area contributed by atoms with E-state index >= 15 is 0 Å². The minimum Gasteiger partial charge on any atom is -0.473 e. The molecule has 3 N–H and O–H groups in total. The van der Waals surface area contributed by atoms with E-state index in [1.807, 2.05) is 66.7 Å². The van der Waals surface area contributed by atoms with Gasteiger partial charge >= 0.3 is 0 Å². The fourth-order valence-corrected chi connectivity index (χ4v) is 4.61. The van der Waals surface area contributed by atoms with Crippen LogP contribution in [0.3, 0.4) is 0 Å². The molecular formula is C29H28FN5O2. The maximum absolute atomic E-state index is 14.8. The molecule has 4 aromatic rings. The van der Waals surface area contributed by atoms with Gasteiger partial charge in [-0.3, -0.25) is 4.79 Å². The minimum absolute atomic E-state index is 0.0181. The zero-order chi connectivity index (χ0) is 25.6. The number of hydrogen-bond acceptors (Lipinski definition) is 6. The van der Waals surface area contributed by atoms with Gasteiger partial charge in [0, 0.05) is 35.3 Å². The van der Waals surface area contributed by atoms with Crippen LogP contribution in [-0.2, 0) is 11.4 Å². The minimum atomic E-state index is -0.510. The monoisotopic (exact) mass is 497 g/mol. The van der Waals surface area contributed by atoms with Crippen LogP contribution in [-0.4, -0.2) is 26.9 Å². The van der Waals surface area contributed by atoms with Crippen LogP contribution in [0.1, 0.15) is 31.2 Å². The van der Waals surface area contributed by atoms with Gasteiger partial charge in [-0.15, -0.1) is 0 Å². The summed E-state index contributed by atoms with van der Waals surface area (Å²) in [7, 11) is 0. The number of anilines is 1. The number of primary amides is 1. The quantitative estimate of drug-likeness (QED) is 0.339. The molecule has 7 nitrogen and oxygen atoms in total. The summed E-state index contributed by atoms with van der Waals surface area (Å²) in [5.41, 5.74) is 9.15. The second-order valence-corrected chi connectivity index (χ2v) is 9.24. The molecule has 2 aromatic carbocycles. The van der Waals surface area contributed by atoms with Gasteiger partial charge in [0.2, 0.25) is 17.7 Å². The smallest absolute Gasteiger partial charge is 0.223 e. The average Bonchev–Trinajstić information content (AvgIpc) is 2.94. The van der Waals surface area contributed by atoms with E-state index in [-0.39, 0.29) is 23.6 Å². The van der Waals surface area contributed by atoms with E-state index in [1.165, 1.54) is 6.20 Å². The number of pyridine rings is 1. The van der Waals surface area contributed by atoms with Crippen molar-refractivity contribution in [2.45, 2.75) is 38.3 Å². The van der Waals surface area contributed by atoms with Crippen molar-refractivity contribution >= 4 is 11.9 Å². The lowest BCUT2D eigenvalue weighted by molar-refractivity contribution is -0.122. The van der Waals surface area contributed by atoms with Gasteiger partial charge in [0.1, 0.15) is 12.3 Å². The molecule has 0 aliphatic heterocycles. The lowest BCUT2D eigenvalue weighted by Gasteiger charge is -2.27. The SMILES string of the molecule is NC(=O)[C@H]1CCC[C@@H](Nc2ncc(F)c(-c3cccc(-c4ccc(OCc5ccccc5)nc4)c3)n2)C1. The summed E-state index contributed by atoms with van der Waals surface area (Å²) in [6, 6.07) is 21.2. The summed E-state index contributed by atoms with van der Waals surface area (Å²) in [6.07, 6.45) is 6.11. The van der Waals surface area contributed by atoms with Gasteiger partial charge in [0.05, 0.1) is 6.20 Å². The van der Waals surface area contributed by atoms with Gasteiger partial charge in [-0.2, -0.15) is 0 Å². The van der Waals surface area contributed by atoms with Crippen molar-refractivity contribution in [2.75, 3.05) is 5.32 Å². The summed E-state index contributed by atoms with van der Waals surface area (Å²) in [5, 5.41) is 3.26. The zero-order valence-corrected chi connectivity index (χ0v) is 20.3. The number of nitrogens with one attached hydrogen (secondary N) is 1. The maximum Gasteiger partial charge on any atom is 0.223 e. The van der Waals surface area contributed by atoms with Crippen molar-refractivity contribution in [3.05, 3.63) is 90.5 Å². The summed E-state index contributed by atoms with van der Waals surface area (Å²) < 4.78 is 20.5. The Morgan fingerprint density at radius 1 is 0.973 bits per heavy atom. The molecule has 1 fully saturated rings. The number of carbonyl (C=O) groups excluding carboxylic acids is 1. The molecule has 0 bridgehead atoms. The number of ether oxygens (including phenoxy) is 1. The van der Waals surface area contributed by atoms with Crippen molar-refractivity contribution in [1.82, 2.24) is 15.0 Å². The largest absolute Gasteiger partial charge is 0.473 e. The lowest BCUT2D eigenvalue weighted by atomic mass is 9.85. The van der Waals surface area contributed by atoms with Crippen molar-refractivity contribution in [2.24, 2.45) is 11.7 Å². The molecule has 1 aliphatic carbocycles. The Kier molecular flexibility index (Phi) is 7.35. The van der Waals surface area contributed by atoms with Crippen LogP contribution >= 0.6 is 0 Å². The van der Waals surface area contributed by atoms with Gasteiger partial charge in [-0.25, -0.2) is 19.3 Å². The molecule has 188 valence electrons. The van der Waals surface area contributed by atoms with Crippen LogP contribution < -0.4 is 15.8 Å². The molecule has 1 aliphatic rings. The Bertz CT molecular complexity index is 1360. The summed E-state index contributed by atoms with van der Waals surface area (Å²) in [6.45, 7) is 0.441. The second-order valence-electron chi connectivity index (χ2n) is 9.24. The molecule has 37 heavy (non-hydrogen) atoms. The molecule has 5 rings (SSSR count). The van der Waals surface area contributed by atoms with E-state index in [1.54, 1.807) is 6.20 Å². The number of aromatic nitrogens is 3. The third-order valence-electron chi connectivity index (χ3n) is 6.59. The van der Waals surface area contributed by atoms with Crippen LogP contribution in [0.4, 0.5) is 10.3 Å². The summed E-state index contributed by atoms with van der Waals surface area (Å²) in [4.78, 5) is 24.6. The molecule has 0 spiro atoms. The number of nitrogens with zero attached hydrogens (tertiary/aromatic N) is 3. The maximum atomic E-state index is 14.8. The highest BCUT2D eigenvalue weighted by Gasteiger charge is 2.26. The van der Waals surface area contributed by atoms with Crippen molar-refractivity contribution in [3.63, 3.8) is 0 Å². The summed E-state index contributed by atoms with van der Waals surface area (Å²) >= 11 is 0. The Hall–Kier alpha value is -4.33. The van der Waals surface area contributed by atoms with E-state index < -0.39 is 5.82 Å². The standard InChI is InChI=1S/C29H28FN5O2/c30-25-17-33-29(34-24-11-5-10-22(15-24)28(31)36)35-27(25)21-9-4-8-20(14-21)23-12-13-26(32-16-23)37-18-19-6-2-1-3-7-19/h1-4,6-9,12-14,16-17,22,24H,5,10-11,15,18H2,(H2,31,36)(H,33,34,35)/t22-,24+/m0/s1. The van der Waals surface area contributed by atoms with Crippen LogP contribution in [0.2, 0.25) is 0 Å². The number of carbonyl (C=O) groups is 1. The van der Waals surface area contributed by atoms with Crippen LogP contribution in [0, 0.1) is 11.7 Å². The van der Waals surface area contributed by atoms with Gasteiger partial charge in [-0.1, -0.05) is 55.0 Å². The highest BCUT2D eigenvalue weighted by molar-refractivity contribution is 5.77. The molecular weight excluding hydrogens is 469 g/mol. The highest BCUT2D eigenvalue weighted by atomic mass is 19.1. The number of halogens is 1. The first-order valence-corrected chi connectivity index (χ1v) is 12.4. The van der Waals surface area contributed by atoms with Gasteiger partial charge in [0.15, 0.2) is 5.82 Å². The molecule has 8 heteroatoms. The topological polar surface area (TPSA) is 103 Å². The van der Waals surface area contributed by atoms with Crippen molar-refractivity contribution < 1.29 is 13.9 Å². The Morgan fingerprint density at radius 3 is 2.59 bits per heavy atom. The van der Waals surface area contributed by atoms with E-state index in [0.29, 0.717) is 30.4 Å². The first-order chi connectivity index (χ1) is 18.0. The van der Waals surface area contributed by atoms with Gasteiger partial charge < -0.3 is 15.8 Å². The van der Waals surface area contributed by atoms with E-state index in [4.69, 9.17) is 10.5 Å². The number of rotatable bonds is 8. The number of benzene rings is 2. The third-order valence-corrected chi connectivity index (χ3v) is 6.59. The molecule has 1 amide bonds. The molecule has 0 saturated heterocycles. The van der Waals surface area contributed by atoms with Crippen LogP contribution in [0.15, 0.2) is 79.1 Å². The average molecular weight is 498 g/mol. The normalized spacial score (nSPS) is 17.2. The third kappa shape index (κ3) is 6.09. The predicted molar refractivity (Wildman–Crippen MR) is 140 cm³/mol. The number of nitrogens with two attached hydrogens (primary N) is 1. The van der Waals surface area contributed by atoms with Crippen LogP contribution in [0.25, 0.3) is 22.4 Å². The zero-order valence-electron chi connectivity index (χ0n) is 20.3. The Morgan fingerprint density at radius 2 is 1.81 bits per heavy atom. The molecule has 0 unspecified atom stereocenters. The Labute approximate surface area is 215 Å². The van der Waals surface area contributed by atoms with Gasteiger partial charge in [-0.05, 0) is 42.5 Å². The van der Waals surface area contributed by atoms with E-state index in [9.17, 15) is 9.18 Å². The van der Waals surface area contributed by atoms with Crippen LogP contribution in [0.5, 0.6) is 5.88 Å². The predicted octanol–water partition coefficient (Wildman–Crippen LogP) is 5.38. The lowest BCUT2D eigenvalue weighted by Crippen LogP contribution is -2.34. The highest BCUT2D eigenvalue weighted by Crippen LogP contribution is 2.29. The Balaban J connectivity index is 1.30. The molecule has 1 saturated carbocycles.